The summed E-state index contributed by atoms with van der Waals surface area (Å²) in [5.74, 6) is 0. The smallest absolute Gasteiger partial charge is 0.243 e. The number of nitrogens with one attached hydrogen (secondary N) is 1. The molecule has 1 saturated carbocycles. The summed E-state index contributed by atoms with van der Waals surface area (Å²) in [5.41, 5.74) is 0.814. The molecule has 1 aliphatic rings. The lowest BCUT2D eigenvalue weighted by atomic mass is 10.3. The van der Waals surface area contributed by atoms with Crippen LogP contribution in [0.5, 0.6) is 0 Å². The molecule has 3 rings (SSSR count). The fraction of sp³-hybridized carbons (Fsp3) is 0.312. The number of hydrogen-bond acceptors (Lipinski definition) is 5. The molecule has 0 unspecified atom stereocenters. The highest BCUT2D eigenvalue weighted by molar-refractivity contribution is 7.89. The minimum absolute atomic E-state index is 0.0000882. The third kappa shape index (κ3) is 4.24. The van der Waals surface area contributed by atoms with Gasteiger partial charge >= 0.3 is 0 Å². The van der Waals surface area contributed by atoms with Crippen molar-refractivity contribution in [2.24, 2.45) is 0 Å². The molecule has 1 aromatic carbocycles. The van der Waals surface area contributed by atoms with E-state index in [0.717, 1.165) is 18.4 Å². The maximum atomic E-state index is 12.6. The van der Waals surface area contributed by atoms with Gasteiger partial charge in [0.25, 0.3) is 0 Å². The van der Waals surface area contributed by atoms with Crippen molar-refractivity contribution in [3.05, 3.63) is 54.4 Å². The molecular weight excluding hydrogens is 362 g/mol. The Morgan fingerprint density at radius 2 is 1.56 bits per heavy atom. The van der Waals surface area contributed by atoms with Gasteiger partial charge < -0.3 is 0 Å². The molecule has 134 valence electrons. The van der Waals surface area contributed by atoms with Gasteiger partial charge in [-0.05, 0) is 54.8 Å². The van der Waals surface area contributed by atoms with Crippen LogP contribution in [0.3, 0.4) is 0 Å². The van der Waals surface area contributed by atoms with Crippen molar-refractivity contribution >= 4 is 20.0 Å². The van der Waals surface area contributed by atoms with E-state index in [0.29, 0.717) is 0 Å². The third-order valence-corrected chi connectivity index (χ3v) is 7.25. The molecule has 1 aliphatic carbocycles. The van der Waals surface area contributed by atoms with Crippen molar-refractivity contribution in [2.75, 3.05) is 7.05 Å². The van der Waals surface area contributed by atoms with Crippen molar-refractivity contribution in [1.82, 2.24) is 14.0 Å². The first-order valence-electron chi connectivity index (χ1n) is 7.77. The van der Waals surface area contributed by atoms with Gasteiger partial charge in [-0.25, -0.2) is 21.6 Å². The van der Waals surface area contributed by atoms with Gasteiger partial charge in [0.2, 0.25) is 20.0 Å². The summed E-state index contributed by atoms with van der Waals surface area (Å²) in [6.45, 7) is 0.203. The Balaban J connectivity index is 1.78. The maximum absolute atomic E-state index is 12.6. The van der Waals surface area contributed by atoms with E-state index in [-0.39, 0.29) is 22.4 Å². The van der Waals surface area contributed by atoms with Crippen LogP contribution in [0.2, 0.25) is 0 Å². The fourth-order valence-electron chi connectivity index (χ4n) is 2.29. The van der Waals surface area contributed by atoms with E-state index >= 15 is 0 Å². The van der Waals surface area contributed by atoms with Crippen LogP contribution in [-0.4, -0.2) is 39.2 Å². The van der Waals surface area contributed by atoms with Crippen molar-refractivity contribution in [1.29, 1.82) is 0 Å². The second kappa shape index (κ2) is 6.83. The normalized spacial score (nSPS) is 15.4. The van der Waals surface area contributed by atoms with Crippen LogP contribution in [0.15, 0.2) is 58.6 Å². The zero-order chi connectivity index (χ0) is 18.1. The lowest BCUT2D eigenvalue weighted by Gasteiger charge is -2.17. The average Bonchev–Trinajstić information content (AvgIpc) is 3.39. The second-order valence-electron chi connectivity index (χ2n) is 5.98. The molecule has 1 N–H and O–H groups in total. The van der Waals surface area contributed by atoms with Crippen molar-refractivity contribution in [2.45, 2.75) is 35.2 Å². The summed E-state index contributed by atoms with van der Waals surface area (Å²) in [5, 5.41) is 0. The number of hydrogen-bond donors (Lipinski definition) is 1. The van der Waals surface area contributed by atoms with Gasteiger partial charge in [0, 0.05) is 32.0 Å². The molecule has 1 fully saturated rings. The monoisotopic (exact) mass is 381 g/mol. The Kier molecular flexibility index (Phi) is 4.92. The molecule has 0 atom stereocenters. The zero-order valence-corrected chi connectivity index (χ0v) is 15.3. The zero-order valence-electron chi connectivity index (χ0n) is 13.7. The van der Waals surface area contributed by atoms with Crippen LogP contribution in [-0.2, 0) is 26.6 Å². The number of aromatic nitrogens is 1. The first-order chi connectivity index (χ1) is 11.8. The van der Waals surface area contributed by atoms with Crippen molar-refractivity contribution < 1.29 is 16.8 Å². The predicted molar refractivity (Wildman–Crippen MR) is 92.7 cm³/mol. The molecule has 0 bridgehead atoms. The Hall–Kier alpha value is -1.81. The van der Waals surface area contributed by atoms with Crippen LogP contribution in [0.25, 0.3) is 0 Å². The molecule has 0 amide bonds. The summed E-state index contributed by atoms with van der Waals surface area (Å²) < 4.78 is 53.3. The predicted octanol–water partition coefficient (Wildman–Crippen LogP) is 1.34. The number of pyridine rings is 1. The van der Waals surface area contributed by atoms with E-state index < -0.39 is 20.0 Å². The summed E-state index contributed by atoms with van der Waals surface area (Å²) in [7, 11) is -5.82. The first-order valence-corrected chi connectivity index (χ1v) is 10.7. The Morgan fingerprint density at radius 3 is 2.12 bits per heavy atom. The topological polar surface area (TPSA) is 96.4 Å². The standard InChI is InChI=1S/C16H19N3O4S2/c1-19(12-13-8-10-17-11-9-13)25(22,23)16-6-4-15(5-7-16)24(20,21)18-14-2-3-14/h4-11,14,18H,2-3,12H2,1H3. The van der Waals surface area contributed by atoms with E-state index in [4.69, 9.17) is 0 Å². The highest BCUT2D eigenvalue weighted by Gasteiger charge is 2.28. The lowest BCUT2D eigenvalue weighted by molar-refractivity contribution is 0.466. The SMILES string of the molecule is CN(Cc1ccncc1)S(=O)(=O)c1ccc(S(=O)(=O)NC2CC2)cc1. The molecular formula is C16H19N3O4S2. The molecule has 2 aromatic rings. The molecule has 25 heavy (non-hydrogen) atoms. The van der Waals surface area contributed by atoms with Crippen LogP contribution >= 0.6 is 0 Å². The summed E-state index contributed by atoms with van der Waals surface area (Å²) in [6.07, 6.45) is 4.88. The maximum Gasteiger partial charge on any atom is 0.243 e. The van der Waals surface area contributed by atoms with Crippen LogP contribution in [0.4, 0.5) is 0 Å². The molecule has 1 aromatic heterocycles. The molecule has 0 aliphatic heterocycles. The second-order valence-corrected chi connectivity index (χ2v) is 9.74. The van der Waals surface area contributed by atoms with Crippen LogP contribution in [0.1, 0.15) is 18.4 Å². The average molecular weight is 381 g/mol. The van der Waals surface area contributed by atoms with E-state index in [1.54, 1.807) is 24.5 Å². The molecule has 1 heterocycles. The number of rotatable bonds is 7. The van der Waals surface area contributed by atoms with Gasteiger partial charge in [-0.2, -0.15) is 4.31 Å². The largest absolute Gasteiger partial charge is 0.265 e. The fourth-order valence-corrected chi connectivity index (χ4v) is 4.75. The highest BCUT2D eigenvalue weighted by atomic mass is 32.2. The van der Waals surface area contributed by atoms with Gasteiger partial charge in [-0.1, -0.05) is 0 Å². The van der Waals surface area contributed by atoms with E-state index in [2.05, 4.69) is 9.71 Å². The number of benzene rings is 1. The minimum Gasteiger partial charge on any atom is -0.265 e. The molecule has 0 radical (unpaired) electrons. The van der Waals surface area contributed by atoms with E-state index in [9.17, 15) is 16.8 Å². The van der Waals surface area contributed by atoms with Crippen LogP contribution < -0.4 is 4.72 Å². The highest BCUT2D eigenvalue weighted by Crippen LogP contribution is 2.23. The Labute approximate surface area is 147 Å². The first kappa shape index (κ1) is 18.0. The third-order valence-electron chi connectivity index (χ3n) is 3.90. The molecule has 0 spiro atoms. The molecule has 7 nitrogen and oxygen atoms in total. The Bertz CT molecular complexity index is 939. The van der Waals surface area contributed by atoms with E-state index in [1.165, 1.54) is 35.6 Å². The van der Waals surface area contributed by atoms with Gasteiger partial charge in [0.05, 0.1) is 9.79 Å². The van der Waals surface area contributed by atoms with E-state index in [1.807, 2.05) is 0 Å². The number of sulfonamides is 2. The van der Waals surface area contributed by atoms with Gasteiger partial charge in [0.15, 0.2) is 0 Å². The summed E-state index contributed by atoms with van der Waals surface area (Å²) >= 11 is 0. The summed E-state index contributed by atoms with van der Waals surface area (Å²) in [6, 6.07) is 8.76. The van der Waals surface area contributed by atoms with Crippen molar-refractivity contribution in [3.8, 4) is 0 Å². The lowest BCUT2D eigenvalue weighted by Crippen LogP contribution is -2.27. The molecule has 9 heteroatoms. The Morgan fingerprint density at radius 1 is 1.00 bits per heavy atom. The van der Waals surface area contributed by atoms with Gasteiger partial charge in [-0.15, -0.1) is 0 Å². The van der Waals surface area contributed by atoms with Crippen molar-refractivity contribution in [3.63, 3.8) is 0 Å². The quantitative estimate of drug-likeness (QED) is 0.781. The molecule has 0 saturated heterocycles. The number of nitrogens with zero attached hydrogens (tertiary/aromatic N) is 2. The minimum atomic E-state index is -3.71. The van der Waals surface area contributed by atoms with Gasteiger partial charge in [-0.3, -0.25) is 4.98 Å². The van der Waals surface area contributed by atoms with Crippen LogP contribution in [0, 0.1) is 0 Å². The van der Waals surface area contributed by atoms with Gasteiger partial charge in [0.1, 0.15) is 0 Å². The summed E-state index contributed by atoms with van der Waals surface area (Å²) in [4.78, 5) is 4.02.